The van der Waals surface area contributed by atoms with Crippen molar-refractivity contribution in [2.45, 2.75) is 0 Å². The van der Waals surface area contributed by atoms with Crippen molar-refractivity contribution >= 4 is 27.7 Å². The first-order valence-corrected chi connectivity index (χ1v) is 5.23. The van der Waals surface area contributed by atoms with Gasteiger partial charge in [-0.1, -0.05) is 15.9 Å². The summed E-state index contributed by atoms with van der Waals surface area (Å²) >= 11 is 3.29. The molecule has 0 aromatic carbocycles. The maximum absolute atomic E-state index is 11.7. The lowest BCUT2D eigenvalue weighted by Gasteiger charge is -2.03. The van der Waals surface area contributed by atoms with Crippen LogP contribution >= 0.6 is 15.9 Å². The van der Waals surface area contributed by atoms with E-state index in [0.29, 0.717) is 11.4 Å². The number of anilines is 1. The number of hydrogen-bond acceptors (Lipinski definition) is 4. The molecular formula is C10H7BrN4O. The van der Waals surface area contributed by atoms with Crippen LogP contribution in [0.25, 0.3) is 0 Å². The number of nitrogens with one attached hydrogen (secondary N) is 1. The molecule has 0 bridgehead atoms. The molecule has 2 aromatic rings. The Morgan fingerprint density at radius 2 is 2.06 bits per heavy atom. The van der Waals surface area contributed by atoms with Crippen LogP contribution in [0.5, 0.6) is 0 Å². The van der Waals surface area contributed by atoms with Crippen molar-refractivity contribution in [3.05, 3.63) is 47.1 Å². The van der Waals surface area contributed by atoms with E-state index in [1.165, 1.54) is 18.7 Å². The smallest absolute Gasteiger partial charge is 0.259 e. The molecule has 2 heterocycles. The highest BCUT2D eigenvalue weighted by atomic mass is 79.9. The van der Waals surface area contributed by atoms with Gasteiger partial charge in [0, 0.05) is 23.1 Å². The molecule has 2 rings (SSSR count). The minimum Gasteiger partial charge on any atom is -0.306 e. The first kappa shape index (κ1) is 10.7. The fraction of sp³-hybridized carbons (Fsp3) is 0. The molecule has 0 saturated heterocycles. The highest BCUT2D eigenvalue weighted by molar-refractivity contribution is 9.10. The van der Waals surface area contributed by atoms with E-state index in [0.717, 1.165) is 4.47 Å². The van der Waals surface area contributed by atoms with Crippen molar-refractivity contribution in [2.75, 3.05) is 5.32 Å². The zero-order valence-corrected chi connectivity index (χ0v) is 9.68. The van der Waals surface area contributed by atoms with Crippen LogP contribution in [0, 0.1) is 0 Å². The summed E-state index contributed by atoms with van der Waals surface area (Å²) in [6.45, 7) is 0. The molecule has 1 N–H and O–H groups in total. The number of aromatic nitrogens is 3. The molecule has 80 valence electrons. The van der Waals surface area contributed by atoms with E-state index < -0.39 is 0 Å². The number of amides is 1. The Balaban J connectivity index is 2.14. The Morgan fingerprint density at radius 3 is 2.75 bits per heavy atom. The monoisotopic (exact) mass is 278 g/mol. The molecule has 6 heteroatoms. The van der Waals surface area contributed by atoms with Crippen LogP contribution in [0.3, 0.4) is 0 Å². The minimum atomic E-state index is -0.286. The van der Waals surface area contributed by atoms with Crippen molar-refractivity contribution < 1.29 is 4.79 Å². The van der Waals surface area contributed by atoms with Crippen LogP contribution in [0.15, 0.2) is 41.5 Å². The lowest BCUT2D eigenvalue weighted by atomic mass is 10.3. The first-order chi connectivity index (χ1) is 7.75. The zero-order valence-electron chi connectivity index (χ0n) is 8.09. The number of rotatable bonds is 2. The van der Waals surface area contributed by atoms with Crippen molar-refractivity contribution in [3.63, 3.8) is 0 Å². The number of hydrogen-bond donors (Lipinski definition) is 1. The Labute approximate surface area is 100 Å². The largest absolute Gasteiger partial charge is 0.306 e. The average molecular weight is 279 g/mol. The molecule has 0 atom stereocenters. The summed E-state index contributed by atoms with van der Waals surface area (Å²) in [5, 5.41) is 2.64. The predicted octanol–water partition coefficient (Wildman–Crippen LogP) is 1.89. The quantitative estimate of drug-likeness (QED) is 0.911. The van der Waals surface area contributed by atoms with Crippen molar-refractivity contribution in [3.8, 4) is 0 Å². The lowest BCUT2D eigenvalue weighted by molar-refractivity contribution is 0.102. The summed E-state index contributed by atoms with van der Waals surface area (Å²) < 4.78 is 0.849. The van der Waals surface area contributed by atoms with Crippen LogP contribution in [-0.2, 0) is 0 Å². The van der Waals surface area contributed by atoms with E-state index in [9.17, 15) is 4.79 Å². The fourth-order valence-corrected chi connectivity index (χ4v) is 1.41. The van der Waals surface area contributed by atoms with Crippen LogP contribution in [0.4, 0.5) is 5.82 Å². The van der Waals surface area contributed by atoms with E-state index in [1.54, 1.807) is 18.3 Å². The number of halogens is 1. The van der Waals surface area contributed by atoms with Crippen LogP contribution in [0.1, 0.15) is 10.4 Å². The van der Waals surface area contributed by atoms with Gasteiger partial charge in [-0.05, 0) is 12.1 Å². The highest BCUT2D eigenvalue weighted by Crippen LogP contribution is 2.13. The third-order valence-corrected chi connectivity index (χ3v) is 2.28. The normalized spacial score (nSPS) is 9.81. The predicted molar refractivity (Wildman–Crippen MR) is 61.9 cm³/mol. The molecule has 0 aliphatic rings. The third kappa shape index (κ3) is 2.60. The Morgan fingerprint density at radius 1 is 1.31 bits per heavy atom. The van der Waals surface area contributed by atoms with Crippen LogP contribution < -0.4 is 5.32 Å². The molecule has 16 heavy (non-hydrogen) atoms. The van der Waals surface area contributed by atoms with Gasteiger partial charge in [-0.2, -0.15) is 0 Å². The van der Waals surface area contributed by atoms with Gasteiger partial charge < -0.3 is 5.32 Å². The molecule has 0 saturated carbocycles. The summed E-state index contributed by atoms with van der Waals surface area (Å²) in [7, 11) is 0. The molecule has 0 spiro atoms. The molecular weight excluding hydrogens is 272 g/mol. The first-order valence-electron chi connectivity index (χ1n) is 4.43. The second kappa shape index (κ2) is 4.80. The minimum absolute atomic E-state index is 0.286. The molecule has 5 nitrogen and oxygen atoms in total. The van der Waals surface area contributed by atoms with Crippen molar-refractivity contribution in [2.24, 2.45) is 0 Å². The second-order valence-corrected chi connectivity index (χ2v) is 3.86. The topological polar surface area (TPSA) is 67.8 Å². The van der Waals surface area contributed by atoms with Gasteiger partial charge in [-0.3, -0.25) is 4.79 Å². The maximum atomic E-state index is 11.7. The van der Waals surface area contributed by atoms with E-state index in [1.807, 2.05) is 0 Å². The van der Waals surface area contributed by atoms with Crippen LogP contribution in [0.2, 0.25) is 0 Å². The van der Waals surface area contributed by atoms with Gasteiger partial charge in [0.2, 0.25) is 0 Å². The zero-order chi connectivity index (χ0) is 11.4. The van der Waals surface area contributed by atoms with Gasteiger partial charge in [-0.25, -0.2) is 15.0 Å². The molecule has 0 aliphatic heterocycles. The second-order valence-electron chi connectivity index (χ2n) is 2.94. The third-order valence-electron chi connectivity index (χ3n) is 1.79. The van der Waals surface area contributed by atoms with Gasteiger partial charge in [0.25, 0.3) is 5.91 Å². The van der Waals surface area contributed by atoms with Gasteiger partial charge in [0.1, 0.15) is 12.1 Å². The molecule has 0 unspecified atom stereocenters. The SMILES string of the molecule is O=C(Nc1cc(Br)ccn1)c1cncnc1. The van der Waals surface area contributed by atoms with Crippen molar-refractivity contribution in [1.82, 2.24) is 15.0 Å². The number of nitrogens with zero attached hydrogens (tertiary/aromatic N) is 3. The molecule has 1 amide bonds. The summed E-state index contributed by atoms with van der Waals surface area (Å²) in [4.78, 5) is 23.2. The number of carbonyl (C=O) groups excluding carboxylic acids is 1. The summed E-state index contributed by atoms with van der Waals surface area (Å²) in [5.41, 5.74) is 0.393. The maximum Gasteiger partial charge on any atom is 0.259 e. The Bertz CT molecular complexity index is 503. The summed E-state index contributed by atoms with van der Waals surface area (Å²) in [6, 6.07) is 3.49. The average Bonchev–Trinajstić information content (AvgIpc) is 2.30. The van der Waals surface area contributed by atoms with Gasteiger partial charge in [-0.15, -0.1) is 0 Å². The fourth-order valence-electron chi connectivity index (χ4n) is 1.08. The molecule has 2 aromatic heterocycles. The standard InChI is InChI=1S/C10H7BrN4O/c11-8-1-2-14-9(3-8)15-10(16)7-4-12-6-13-5-7/h1-6H,(H,14,15,16). The molecule has 0 aliphatic carbocycles. The van der Waals surface area contributed by atoms with Gasteiger partial charge in [0.15, 0.2) is 0 Å². The molecule has 0 radical (unpaired) electrons. The van der Waals surface area contributed by atoms with E-state index in [2.05, 4.69) is 36.2 Å². The van der Waals surface area contributed by atoms with Crippen molar-refractivity contribution in [1.29, 1.82) is 0 Å². The highest BCUT2D eigenvalue weighted by Gasteiger charge is 2.06. The Hall–Kier alpha value is -1.82. The Kier molecular flexibility index (Phi) is 3.21. The molecule has 0 fully saturated rings. The number of carbonyl (C=O) groups is 1. The van der Waals surface area contributed by atoms with Crippen LogP contribution in [-0.4, -0.2) is 20.9 Å². The van der Waals surface area contributed by atoms with E-state index in [4.69, 9.17) is 0 Å². The van der Waals surface area contributed by atoms with E-state index in [-0.39, 0.29) is 5.91 Å². The summed E-state index contributed by atoms with van der Waals surface area (Å²) in [5.74, 6) is 0.189. The lowest BCUT2D eigenvalue weighted by Crippen LogP contribution is -2.13. The number of pyridine rings is 1. The van der Waals surface area contributed by atoms with Gasteiger partial charge in [0.05, 0.1) is 5.56 Å². The van der Waals surface area contributed by atoms with Gasteiger partial charge >= 0.3 is 0 Å². The summed E-state index contributed by atoms with van der Waals surface area (Å²) in [6.07, 6.45) is 5.86. The van der Waals surface area contributed by atoms with E-state index >= 15 is 0 Å².